The molecule has 1 aliphatic carbocycles. The van der Waals surface area contributed by atoms with E-state index in [-0.39, 0.29) is 0 Å². The maximum absolute atomic E-state index is 11.4. The highest BCUT2D eigenvalue weighted by Crippen LogP contribution is 2.48. The van der Waals surface area contributed by atoms with Gasteiger partial charge in [-0.15, -0.1) is 0 Å². The zero-order valence-electron chi connectivity index (χ0n) is 9.67. The Hall–Kier alpha value is -1.62. The zero-order chi connectivity index (χ0) is 12.6. The Morgan fingerprint density at radius 2 is 2.11 bits per heavy atom. The van der Waals surface area contributed by atoms with Crippen molar-refractivity contribution in [2.75, 3.05) is 0 Å². The lowest BCUT2D eigenvalue weighted by atomic mass is 9.84. The minimum atomic E-state index is -0.735. The summed E-state index contributed by atoms with van der Waals surface area (Å²) in [4.78, 5) is 20.0. The molecule has 0 saturated heterocycles. The van der Waals surface area contributed by atoms with Crippen LogP contribution in [0.3, 0.4) is 0 Å². The molecule has 0 atom stereocenters. The second-order valence-electron chi connectivity index (χ2n) is 4.44. The Morgan fingerprint density at radius 1 is 1.28 bits per heavy atom. The SMILES string of the molecule is O=C(O)C1(Sc2nccc3ncccc23)CCC1. The second-order valence-corrected chi connectivity index (χ2v) is 5.81. The Kier molecular flexibility index (Phi) is 2.70. The van der Waals surface area contributed by atoms with Crippen LogP contribution in [-0.2, 0) is 4.79 Å². The van der Waals surface area contributed by atoms with Crippen molar-refractivity contribution in [2.24, 2.45) is 0 Å². The first-order valence-electron chi connectivity index (χ1n) is 5.83. The van der Waals surface area contributed by atoms with Crippen LogP contribution in [0.15, 0.2) is 35.6 Å². The van der Waals surface area contributed by atoms with E-state index in [0.717, 1.165) is 22.3 Å². The summed E-state index contributed by atoms with van der Waals surface area (Å²) in [6, 6.07) is 5.63. The van der Waals surface area contributed by atoms with Crippen molar-refractivity contribution in [3.05, 3.63) is 30.6 Å². The second kappa shape index (κ2) is 4.24. The highest BCUT2D eigenvalue weighted by molar-refractivity contribution is 8.01. The summed E-state index contributed by atoms with van der Waals surface area (Å²) >= 11 is 1.36. The number of carboxylic acid groups (broad SMARTS) is 1. The summed E-state index contributed by atoms with van der Waals surface area (Å²) in [6.07, 6.45) is 5.82. The van der Waals surface area contributed by atoms with E-state index < -0.39 is 10.7 Å². The van der Waals surface area contributed by atoms with Gasteiger partial charge in [-0.3, -0.25) is 9.78 Å². The summed E-state index contributed by atoms with van der Waals surface area (Å²) < 4.78 is -0.683. The molecule has 1 N–H and O–H groups in total. The number of pyridine rings is 2. The maximum Gasteiger partial charge on any atom is 0.320 e. The van der Waals surface area contributed by atoms with Gasteiger partial charge in [0.25, 0.3) is 0 Å². The number of hydrogen-bond acceptors (Lipinski definition) is 4. The van der Waals surface area contributed by atoms with Crippen LogP contribution in [0, 0.1) is 0 Å². The van der Waals surface area contributed by atoms with Crippen LogP contribution < -0.4 is 0 Å². The topological polar surface area (TPSA) is 63.1 Å². The van der Waals surface area contributed by atoms with Gasteiger partial charge in [0.1, 0.15) is 9.77 Å². The molecule has 0 unspecified atom stereocenters. The first-order chi connectivity index (χ1) is 8.71. The number of rotatable bonds is 3. The Labute approximate surface area is 108 Å². The summed E-state index contributed by atoms with van der Waals surface area (Å²) in [6.45, 7) is 0. The van der Waals surface area contributed by atoms with Gasteiger partial charge in [-0.2, -0.15) is 0 Å². The third kappa shape index (κ3) is 1.75. The lowest BCUT2D eigenvalue weighted by Crippen LogP contribution is -2.41. The molecule has 2 aromatic heterocycles. The normalized spacial score (nSPS) is 17.3. The number of carbonyl (C=O) groups is 1. The monoisotopic (exact) mass is 260 g/mol. The van der Waals surface area contributed by atoms with E-state index in [1.807, 2.05) is 18.2 Å². The highest BCUT2D eigenvalue weighted by Gasteiger charge is 2.46. The van der Waals surface area contributed by atoms with Crippen LogP contribution in [0.4, 0.5) is 0 Å². The minimum absolute atomic E-state index is 0.683. The smallest absolute Gasteiger partial charge is 0.320 e. The van der Waals surface area contributed by atoms with Gasteiger partial charge in [-0.25, -0.2) is 4.98 Å². The fourth-order valence-corrected chi connectivity index (χ4v) is 3.45. The molecule has 0 amide bonds. The van der Waals surface area contributed by atoms with Crippen LogP contribution >= 0.6 is 11.8 Å². The number of fused-ring (bicyclic) bond motifs is 1. The number of nitrogens with zero attached hydrogens (tertiary/aromatic N) is 2. The van der Waals surface area contributed by atoms with Crippen molar-refractivity contribution >= 4 is 28.6 Å². The molecule has 2 aromatic rings. The molecule has 0 radical (unpaired) electrons. The fourth-order valence-electron chi connectivity index (χ4n) is 2.10. The number of hydrogen-bond donors (Lipinski definition) is 1. The quantitative estimate of drug-likeness (QED) is 0.919. The van der Waals surface area contributed by atoms with Gasteiger partial charge in [-0.1, -0.05) is 11.8 Å². The maximum atomic E-state index is 11.4. The summed E-state index contributed by atoms with van der Waals surface area (Å²) in [7, 11) is 0. The van der Waals surface area contributed by atoms with Crippen molar-refractivity contribution in [2.45, 2.75) is 29.0 Å². The van der Waals surface area contributed by atoms with Gasteiger partial charge in [0.15, 0.2) is 0 Å². The van der Waals surface area contributed by atoms with Gasteiger partial charge < -0.3 is 5.11 Å². The van der Waals surface area contributed by atoms with Gasteiger partial charge >= 0.3 is 5.97 Å². The molecule has 1 fully saturated rings. The van der Waals surface area contributed by atoms with Crippen LogP contribution in [-0.4, -0.2) is 25.8 Å². The van der Waals surface area contributed by atoms with Gasteiger partial charge in [-0.05, 0) is 37.5 Å². The molecule has 4 nitrogen and oxygen atoms in total. The van der Waals surface area contributed by atoms with Crippen LogP contribution in [0.5, 0.6) is 0 Å². The average molecular weight is 260 g/mol. The van der Waals surface area contributed by atoms with Crippen LogP contribution in [0.2, 0.25) is 0 Å². The Morgan fingerprint density at radius 3 is 2.78 bits per heavy atom. The lowest BCUT2D eigenvalue weighted by molar-refractivity contribution is -0.142. The van der Waals surface area contributed by atoms with E-state index in [4.69, 9.17) is 0 Å². The molecule has 0 bridgehead atoms. The van der Waals surface area contributed by atoms with Crippen molar-refractivity contribution in [3.8, 4) is 0 Å². The van der Waals surface area contributed by atoms with Crippen LogP contribution in [0.25, 0.3) is 10.9 Å². The number of aromatic nitrogens is 2. The molecule has 0 spiro atoms. The van der Waals surface area contributed by atoms with Crippen molar-refractivity contribution in [3.63, 3.8) is 0 Å². The van der Waals surface area contributed by atoms with Gasteiger partial charge in [0, 0.05) is 17.8 Å². The first-order valence-corrected chi connectivity index (χ1v) is 6.65. The molecule has 0 aliphatic heterocycles. The summed E-state index contributed by atoms with van der Waals surface area (Å²) in [5.41, 5.74) is 0.856. The fraction of sp³-hybridized carbons (Fsp3) is 0.308. The third-order valence-electron chi connectivity index (χ3n) is 3.34. The molecular weight excluding hydrogens is 248 g/mol. The predicted octanol–water partition coefficient (Wildman–Crippen LogP) is 2.73. The molecule has 92 valence electrons. The Balaban J connectivity index is 2.02. The summed E-state index contributed by atoms with van der Waals surface area (Å²) in [5, 5.41) is 11.0. The van der Waals surface area contributed by atoms with Gasteiger partial charge in [0.2, 0.25) is 0 Å². The predicted molar refractivity (Wildman–Crippen MR) is 69.6 cm³/mol. The van der Waals surface area contributed by atoms with Crippen LogP contribution in [0.1, 0.15) is 19.3 Å². The van der Waals surface area contributed by atoms with E-state index >= 15 is 0 Å². The molecule has 1 saturated carbocycles. The van der Waals surface area contributed by atoms with Crippen molar-refractivity contribution in [1.29, 1.82) is 0 Å². The number of aliphatic carboxylic acids is 1. The summed E-state index contributed by atoms with van der Waals surface area (Å²) in [5.74, 6) is -0.735. The molecule has 1 aliphatic rings. The van der Waals surface area contributed by atoms with E-state index in [1.165, 1.54) is 11.8 Å². The Bertz CT molecular complexity index is 605. The minimum Gasteiger partial charge on any atom is -0.480 e. The zero-order valence-corrected chi connectivity index (χ0v) is 10.5. The molecule has 5 heteroatoms. The molecule has 2 heterocycles. The van der Waals surface area contributed by atoms with Crippen molar-refractivity contribution in [1.82, 2.24) is 9.97 Å². The third-order valence-corrected chi connectivity index (χ3v) is 4.83. The number of thioether (sulfide) groups is 1. The standard InChI is InChI=1S/C13H12N2O2S/c16-12(17)13(5-2-6-13)18-11-9-3-1-7-14-10(9)4-8-15-11/h1,3-4,7-8H,2,5-6H2,(H,16,17). The molecule has 3 rings (SSSR count). The highest BCUT2D eigenvalue weighted by atomic mass is 32.2. The lowest BCUT2D eigenvalue weighted by Gasteiger charge is -2.36. The largest absolute Gasteiger partial charge is 0.480 e. The van der Waals surface area contributed by atoms with Gasteiger partial charge in [0.05, 0.1) is 5.52 Å². The average Bonchev–Trinajstić information content (AvgIpc) is 2.33. The van der Waals surface area contributed by atoms with Crippen molar-refractivity contribution < 1.29 is 9.90 Å². The number of carboxylic acids is 1. The molecule has 0 aromatic carbocycles. The van der Waals surface area contributed by atoms with E-state index in [9.17, 15) is 9.90 Å². The molecule has 18 heavy (non-hydrogen) atoms. The van der Waals surface area contributed by atoms with E-state index in [2.05, 4.69) is 9.97 Å². The first kappa shape index (κ1) is 11.5. The van der Waals surface area contributed by atoms with E-state index in [1.54, 1.807) is 12.4 Å². The molecular formula is C13H12N2O2S. The van der Waals surface area contributed by atoms with E-state index in [0.29, 0.717) is 12.8 Å².